The highest BCUT2D eigenvalue weighted by Gasteiger charge is 2.18. The lowest BCUT2D eigenvalue weighted by Gasteiger charge is -2.22. The Kier molecular flexibility index (Phi) is 9.84. The average Bonchev–Trinajstić information content (AvgIpc) is 2.75. The number of hydrogen-bond donors (Lipinski definition) is 1. The first-order chi connectivity index (χ1) is 14.9. The van der Waals surface area contributed by atoms with E-state index in [2.05, 4.69) is 0 Å². The number of esters is 1. The van der Waals surface area contributed by atoms with Crippen molar-refractivity contribution in [3.8, 4) is 11.5 Å². The van der Waals surface area contributed by atoms with Crippen LogP contribution in [0, 0.1) is 0 Å². The predicted molar refractivity (Wildman–Crippen MR) is 118 cm³/mol. The SMILES string of the molecule is COc1ccc(CCc2ccccc2OCC(CN(C)C)OC(=O)CCC(=O)O)cc1. The van der Waals surface area contributed by atoms with Gasteiger partial charge in [-0.05, 0) is 56.3 Å². The van der Waals surface area contributed by atoms with Gasteiger partial charge < -0.3 is 24.2 Å². The lowest BCUT2D eigenvalue weighted by atomic mass is 10.0. The van der Waals surface area contributed by atoms with E-state index in [9.17, 15) is 9.59 Å². The molecule has 2 rings (SSSR count). The van der Waals surface area contributed by atoms with E-state index in [1.54, 1.807) is 7.11 Å². The van der Waals surface area contributed by atoms with Gasteiger partial charge in [-0.3, -0.25) is 9.59 Å². The molecule has 0 radical (unpaired) electrons. The largest absolute Gasteiger partial charge is 0.497 e. The van der Waals surface area contributed by atoms with Crippen molar-refractivity contribution >= 4 is 11.9 Å². The minimum absolute atomic E-state index is 0.155. The summed E-state index contributed by atoms with van der Waals surface area (Å²) in [4.78, 5) is 24.5. The zero-order chi connectivity index (χ0) is 22.6. The van der Waals surface area contributed by atoms with Gasteiger partial charge in [0, 0.05) is 6.54 Å². The third-order valence-corrected chi connectivity index (χ3v) is 4.65. The summed E-state index contributed by atoms with van der Waals surface area (Å²) in [7, 11) is 5.40. The Bertz CT molecular complexity index is 834. The van der Waals surface area contributed by atoms with Crippen molar-refractivity contribution < 1.29 is 28.9 Å². The van der Waals surface area contributed by atoms with E-state index in [1.165, 1.54) is 5.56 Å². The van der Waals surface area contributed by atoms with E-state index in [-0.39, 0.29) is 19.4 Å². The van der Waals surface area contributed by atoms with Crippen LogP contribution in [0.15, 0.2) is 48.5 Å². The van der Waals surface area contributed by atoms with Crippen LogP contribution < -0.4 is 9.47 Å². The molecule has 1 N–H and O–H groups in total. The van der Waals surface area contributed by atoms with Crippen LogP contribution in [-0.4, -0.2) is 62.4 Å². The second-order valence-electron chi connectivity index (χ2n) is 7.53. The van der Waals surface area contributed by atoms with Crippen LogP contribution in [0.25, 0.3) is 0 Å². The molecule has 7 nitrogen and oxygen atoms in total. The molecule has 0 heterocycles. The quantitative estimate of drug-likeness (QED) is 0.490. The van der Waals surface area contributed by atoms with Gasteiger partial charge in [-0.2, -0.15) is 0 Å². The summed E-state index contributed by atoms with van der Waals surface area (Å²) in [5, 5.41) is 8.74. The minimum atomic E-state index is -1.02. The molecule has 168 valence electrons. The molecule has 0 saturated carbocycles. The molecule has 2 aromatic carbocycles. The Hall–Kier alpha value is -3.06. The van der Waals surface area contributed by atoms with Gasteiger partial charge in [0.05, 0.1) is 20.0 Å². The molecule has 1 atom stereocenters. The van der Waals surface area contributed by atoms with Crippen molar-refractivity contribution in [3.63, 3.8) is 0 Å². The summed E-state index contributed by atoms with van der Waals surface area (Å²) in [6.45, 7) is 0.670. The number of nitrogens with zero attached hydrogens (tertiary/aromatic N) is 1. The molecule has 0 spiro atoms. The Labute approximate surface area is 183 Å². The summed E-state index contributed by atoms with van der Waals surface area (Å²) < 4.78 is 16.7. The van der Waals surface area contributed by atoms with E-state index in [4.69, 9.17) is 19.3 Å². The number of carbonyl (C=O) groups excluding carboxylic acids is 1. The molecule has 0 aliphatic rings. The number of rotatable bonds is 13. The standard InChI is InChI=1S/C24H31NO6/c1-25(2)16-21(31-24(28)15-14-23(26)27)17-30-22-7-5-4-6-19(22)11-8-18-9-12-20(29-3)13-10-18/h4-7,9-10,12-13,21H,8,11,14-17H2,1-3H3,(H,26,27). The fourth-order valence-electron chi connectivity index (χ4n) is 3.09. The molecule has 0 fully saturated rings. The maximum atomic E-state index is 12.0. The summed E-state index contributed by atoms with van der Waals surface area (Å²) in [6, 6.07) is 15.8. The summed E-state index contributed by atoms with van der Waals surface area (Å²) in [6.07, 6.45) is 0.765. The molecule has 0 aliphatic carbocycles. The summed E-state index contributed by atoms with van der Waals surface area (Å²) in [5.74, 6) is 0.0208. The van der Waals surface area contributed by atoms with E-state index in [0.29, 0.717) is 6.54 Å². The molecule has 0 bridgehead atoms. The molecule has 0 aliphatic heterocycles. The smallest absolute Gasteiger partial charge is 0.306 e. The normalized spacial score (nSPS) is 11.7. The summed E-state index contributed by atoms with van der Waals surface area (Å²) in [5.41, 5.74) is 2.27. The van der Waals surface area contributed by atoms with E-state index >= 15 is 0 Å². The van der Waals surface area contributed by atoms with Crippen LogP contribution in [0.4, 0.5) is 0 Å². The highest BCUT2D eigenvalue weighted by molar-refractivity contribution is 5.76. The van der Waals surface area contributed by atoms with Crippen molar-refractivity contribution in [2.45, 2.75) is 31.8 Å². The van der Waals surface area contributed by atoms with Gasteiger partial charge >= 0.3 is 11.9 Å². The number of aliphatic carboxylic acids is 1. The zero-order valence-corrected chi connectivity index (χ0v) is 18.4. The van der Waals surface area contributed by atoms with Crippen LogP contribution in [0.1, 0.15) is 24.0 Å². The maximum absolute atomic E-state index is 12.0. The van der Waals surface area contributed by atoms with Gasteiger partial charge in [0.15, 0.2) is 0 Å². The molecule has 2 aromatic rings. The van der Waals surface area contributed by atoms with Crippen LogP contribution in [-0.2, 0) is 27.2 Å². The van der Waals surface area contributed by atoms with Crippen LogP contribution >= 0.6 is 0 Å². The molecule has 7 heteroatoms. The number of benzene rings is 2. The van der Waals surface area contributed by atoms with Crippen molar-refractivity contribution in [2.75, 3.05) is 34.4 Å². The lowest BCUT2D eigenvalue weighted by molar-refractivity contribution is -0.153. The first-order valence-corrected chi connectivity index (χ1v) is 10.3. The van der Waals surface area contributed by atoms with Crippen molar-refractivity contribution in [3.05, 3.63) is 59.7 Å². The van der Waals surface area contributed by atoms with Gasteiger partial charge in [-0.25, -0.2) is 0 Å². The number of ether oxygens (including phenoxy) is 3. The Morgan fingerprint density at radius 1 is 1.00 bits per heavy atom. The third-order valence-electron chi connectivity index (χ3n) is 4.65. The third kappa shape index (κ3) is 9.09. The van der Waals surface area contributed by atoms with Gasteiger partial charge in [0.25, 0.3) is 0 Å². The molecule has 0 amide bonds. The highest BCUT2D eigenvalue weighted by Crippen LogP contribution is 2.21. The van der Waals surface area contributed by atoms with Gasteiger partial charge in [0.2, 0.25) is 0 Å². The lowest BCUT2D eigenvalue weighted by Crippen LogP contribution is -2.35. The molecular weight excluding hydrogens is 398 g/mol. The molecule has 0 saturated heterocycles. The first-order valence-electron chi connectivity index (χ1n) is 10.3. The number of carbonyl (C=O) groups is 2. The topological polar surface area (TPSA) is 85.3 Å². The molecule has 31 heavy (non-hydrogen) atoms. The number of hydrogen-bond acceptors (Lipinski definition) is 6. The first kappa shape index (κ1) is 24.2. The van der Waals surface area contributed by atoms with Crippen LogP contribution in [0.2, 0.25) is 0 Å². The average molecular weight is 430 g/mol. The number of carboxylic acid groups (broad SMARTS) is 1. The Morgan fingerprint density at radius 3 is 2.35 bits per heavy atom. The second-order valence-corrected chi connectivity index (χ2v) is 7.53. The van der Waals surface area contributed by atoms with Crippen molar-refractivity contribution in [2.24, 2.45) is 0 Å². The summed E-state index contributed by atoms with van der Waals surface area (Å²) >= 11 is 0. The van der Waals surface area contributed by atoms with Gasteiger partial charge in [-0.15, -0.1) is 0 Å². The molecule has 1 unspecified atom stereocenters. The molecular formula is C24H31NO6. The second kappa shape index (κ2) is 12.6. The number of methoxy groups -OCH3 is 1. The van der Waals surface area contributed by atoms with Crippen molar-refractivity contribution in [1.82, 2.24) is 4.90 Å². The van der Waals surface area contributed by atoms with Crippen molar-refractivity contribution in [1.29, 1.82) is 0 Å². The maximum Gasteiger partial charge on any atom is 0.306 e. The Balaban J connectivity index is 1.96. The van der Waals surface area contributed by atoms with Crippen LogP contribution in [0.3, 0.4) is 0 Å². The van der Waals surface area contributed by atoms with Gasteiger partial charge in [-0.1, -0.05) is 30.3 Å². The fraction of sp³-hybridized carbons (Fsp3) is 0.417. The monoisotopic (exact) mass is 429 g/mol. The Morgan fingerprint density at radius 2 is 1.71 bits per heavy atom. The number of likely N-dealkylation sites (N-methyl/N-ethyl adjacent to an activating group) is 1. The minimum Gasteiger partial charge on any atom is -0.497 e. The zero-order valence-electron chi connectivity index (χ0n) is 18.4. The highest BCUT2D eigenvalue weighted by atomic mass is 16.6. The number of aryl methyl sites for hydroxylation is 2. The molecule has 0 aromatic heterocycles. The van der Waals surface area contributed by atoms with Crippen LogP contribution in [0.5, 0.6) is 11.5 Å². The predicted octanol–water partition coefficient (Wildman–Crippen LogP) is 3.20. The van der Waals surface area contributed by atoms with E-state index in [0.717, 1.165) is 29.9 Å². The van der Waals surface area contributed by atoms with Gasteiger partial charge in [0.1, 0.15) is 24.2 Å². The van der Waals surface area contributed by atoms with E-state index < -0.39 is 18.0 Å². The number of para-hydroxylation sites is 1. The fourth-order valence-corrected chi connectivity index (χ4v) is 3.09. The van der Waals surface area contributed by atoms with E-state index in [1.807, 2.05) is 67.5 Å². The number of carboxylic acids is 1.